The zero-order chi connectivity index (χ0) is 25.7. The van der Waals surface area contributed by atoms with Crippen molar-refractivity contribution in [2.45, 2.75) is 50.5 Å². The maximum atomic E-state index is 13.4. The van der Waals surface area contributed by atoms with Gasteiger partial charge in [-0.2, -0.15) is 4.72 Å². The number of sulfonamides is 1. The number of fused-ring (bicyclic) bond motifs is 1. The van der Waals surface area contributed by atoms with Gasteiger partial charge in [0.15, 0.2) is 0 Å². The summed E-state index contributed by atoms with van der Waals surface area (Å²) < 4.78 is 29.4. The minimum Gasteiger partial charge on any atom is -0.325 e. The molecule has 2 N–H and O–H groups in total. The molecule has 3 aromatic carbocycles. The number of carbonyl (C=O) groups excluding carboxylic acids is 2. The van der Waals surface area contributed by atoms with Crippen molar-refractivity contribution in [3.8, 4) is 0 Å². The maximum Gasteiger partial charge on any atom is 0.242 e. The van der Waals surface area contributed by atoms with E-state index in [9.17, 15) is 18.0 Å². The Labute approximate surface area is 212 Å². The van der Waals surface area contributed by atoms with E-state index in [1.54, 1.807) is 30.0 Å². The number of carbonyl (C=O) groups is 2. The molecule has 0 spiro atoms. The van der Waals surface area contributed by atoms with Crippen molar-refractivity contribution in [3.63, 3.8) is 0 Å². The van der Waals surface area contributed by atoms with E-state index in [0.29, 0.717) is 25.1 Å². The summed E-state index contributed by atoms with van der Waals surface area (Å²) in [5, 5.41) is 2.87. The van der Waals surface area contributed by atoms with Gasteiger partial charge >= 0.3 is 0 Å². The molecular formula is C28H31N3O4S. The summed E-state index contributed by atoms with van der Waals surface area (Å²) in [6, 6.07) is 20.6. The SMILES string of the molecule is CCC(=O)N1CCc2cc(S(=O)(=O)N[C@@H](Cc3ccccc3)C(=O)Nc3cccc(CC)c3)ccc21. The van der Waals surface area contributed by atoms with Crippen LogP contribution >= 0.6 is 0 Å². The third-order valence-corrected chi connectivity index (χ3v) is 7.83. The molecule has 0 aromatic heterocycles. The minimum absolute atomic E-state index is 0.00854. The molecular weight excluding hydrogens is 474 g/mol. The Kier molecular flexibility index (Phi) is 7.86. The lowest BCUT2D eigenvalue weighted by Crippen LogP contribution is -2.45. The van der Waals surface area contributed by atoms with Gasteiger partial charge in [0, 0.05) is 24.3 Å². The van der Waals surface area contributed by atoms with Crippen LogP contribution in [-0.4, -0.2) is 32.8 Å². The Hall–Kier alpha value is -3.49. The fraction of sp³-hybridized carbons (Fsp3) is 0.286. The quantitative estimate of drug-likeness (QED) is 0.458. The number of hydrogen-bond acceptors (Lipinski definition) is 4. The van der Waals surface area contributed by atoms with Gasteiger partial charge in [-0.05, 0) is 66.3 Å². The molecule has 0 aliphatic carbocycles. The molecule has 0 saturated heterocycles. The number of hydrogen-bond donors (Lipinski definition) is 2. The molecule has 0 bridgehead atoms. The Balaban J connectivity index is 1.59. The third kappa shape index (κ3) is 5.83. The highest BCUT2D eigenvalue weighted by Gasteiger charge is 2.29. The number of rotatable bonds is 9. The van der Waals surface area contributed by atoms with Crippen molar-refractivity contribution in [2.75, 3.05) is 16.8 Å². The highest BCUT2D eigenvalue weighted by Crippen LogP contribution is 2.30. The fourth-order valence-electron chi connectivity index (χ4n) is 4.39. The minimum atomic E-state index is -4.01. The zero-order valence-electron chi connectivity index (χ0n) is 20.5. The topological polar surface area (TPSA) is 95.6 Å². The highest BCUT2D eigenvalue weighted by molar-refractivity contribution is 7.89. The first-order valence-electron chi connectivity index (χ1n) is 12.2. The van der Waals surface area contributed by atoms with Crippen LogP contribution in [-0.2, 0) is 38.9 Å². The number of nitrogens with zero attached hydrogens (tertiary/aromatic N) is 1. The first kappa shape index (κ1) is 25.6. The van der Waals surface area contributed by atoms with Gasteiger partial charge in [0.2, 0.25) is 21.8 Å². The molecule has 0 radical (unpaired) electrons. The number of nitrogens with one attached hydrogen (secondary N) is 2. The standard InChI is InChI=1S/C28H31N3O4S/c1-3-20-11-8-12-23(17-20)29-28(33)25(18-21-9-6-5-7-10-21)30-36(34,35)24-13-14-26-22(19-24)15-16-31(26)27(32)4-2/h5-14,17,19,25,30H,3-4,15-16,18H2,1-2H3,(H,29,33)/t25-/m0/s1. The zero-order valence-corrected chi connectivity index (χ0v) is 21.3. The van der Waals surface area contributed by atoms with E-state index >= 15 is 0 Å². The summed E-state index contributed by atoms with van der Waals surface area (Å²) in [5.74, 6) is -0.425. The van der Waals surface area contributed by atoms with Gasteiger partial charge in [-0.1, -0.05) is 56.3 Å². The number of anilines is 2. The van der Waals surface area contributed by atoms with Gasteiger partial charge in [-0.25, -0.2) is 8.42 Å². The predicted molar refractivity (Wildman–Crippen MR) is 141 cm³/mol. The molecule has 3 aromatic rings. The normalized spacial score (nSPS) is 13.8. The lowest BCUT2D eigenvalue weighted by molar-refractivity contribution is -0.118. The van der Waals surface area contributed by atoms with E-state index in [-0.39, 0.29) is 17.2 Å². The van der Waals surface area contributed by atoms with E-state index in [2.05, 4.69) is 10.0 Å². The predicted octanol–water partition coefficient (Wildman–Crippen LogP) is 4.08. The Morgan fingerprint density at radius 2 is 1.69 bits per heavy atom. The fourth-order valence-corrected chi connectivity index (χ4v) is 5.63. The van der Waals surface area contributed by atoms with Crippen molar-refractivity contribution in [2.24, 2.45) is 0 Å². The molecule has 1 aliphatic heterocycles. The van der Waals surface area contributed by atoms with Gasteiger partial charge < -0.3 is 10.2 Å². The Morgan fingerprint density at radius 3 is 2.42 bits per heavy atom. The molecule has 2 amide bonds. The molecule has 36 heavy (non-hydrogen) atoms. The number of aryl methyl sites for hydroxylation is 1. The summed E-state index contributed by atoms with van der Waals surface area (Å²) in [4.78, 5) is 27.2. The largest absolute Gasteiger partial charge is 0.325 e. The van der Waals surface area contributed by atoms with Crippen LogP contribution < -0.4 is 14.9 Å². The van der Waals surface area contributed by atoms with Crippen molar-refractivity contribution in [3.05, 3.63) is 89.5 Å². The lowest BCUT2D eigenvalue weighted by Gasteiger charge is -2.20. The van der Waals surface area contributed by atoms with E-state index in [1.807, 2.05) is 55.5 Å². The molecule has 0 fully saturated rings. The molecule has 4 rings (SSSR count). The second-order valence-electron chi connectivity index (χ2n) is 8.85. The van der Waals surface area contributed by atoms with Crippen molar-refractivity contribution >= 4 is 33.2 Å². The summed E-state index contributed by atoms with van der Waals surface area (Å²) in [7, 11) is -4.01. The Bertz CT molecular complexity index is 1360. The van der Waals surface area contributed by atoms with Gasteiger partial charge in [0.05, 0.1) is 4.90 Å². The Morgan fingerprint density at radius 1 is 0.944 bits per heavy atom. The molecule has 0 unspecified atom stereocenters. The van der Waals surface area contributed by atoms with Crippen LogP contribution in [0, 0.1) is 0 Å². The first-order chi connectivity index (χ1) is 17.3. The van der Waals surface area contributed by atoms with E-state index in [0.717, 1.165) is 28.8 Å². The molecule has 7 nitrogen and oxygen atoms in total. The second-order valence-corrected chi connectivity index (χ2v) is 10.6. The first-order valence-corrected chi connectivity index (χ1v) is 13.7. The van der Waals surface area contributed by atoms with E-state index in [4.69, 9.17) is 0 Å². The van der Waals surface area contributed by atoms with Gasteiger partial charge in [-0.15, -0.1) is 0 Å². The maximum absolute atomic E-state index is 13.4. The highest BCUT2D eigenvalue weighted by atomic mass is 32.2. The van der Waals surface area contributed by atoms with Gasteiger partial charge in [-0.3, -0.25) is 9.59 Å². The van der Waals surface area contributed by atoms with Crippen molar-refractivity contribution < 1.29 is 18.0 Å². The lowest BCUT2D eigenvalue weighted by atomic mass is 10.1. The average Bonchev–Trinajstić information content (AvgIpc) is 3.32. The molecule has 1 heterocycles. The van der Waals surface area contributed by atoms with E-state index < -0.39 is 22.0 Å². The van der Waals surface area contributed by atoms with E-state index in [1.165, 1.54) is 6.07 Å². The summed E-state index contributed by atoms with van der Waals surface area (Å²) in [5.41, 5.74) is 4.08. The number of benzene rings is 3. The van der Waals surface area contributed by atoms with Crippen LogP contribution in [0.2, 0.25) is 0 Å². The monoisotopic (exact) mass is 505 g/mol. The summed E-state index contributed by atoms with van der Waals surface area (Å²) in [6.45, 7) is 4.37. The van der Waals surface area contributed by atoms with Gasteiger partial charge in [0.1, 0.15) is 6.04 Å². The van der Waals surface area contributed by atoms with Crippen LogP contribution in [0.3, 0.4) is 0 Å². The third-order valence-electron chi connectivity index (χ3n) is 6.36. The van der Waals surface area contributed by atoms with Gasteiger partial charge in [0.25, 0.3) is 0 Å². The molecule has 188 valence electrons. The summed E-state index contributed by atoms with van der Waals surface area (Å²) in [6.07, 6.45) is 2.00. The van der Waals surface area contributed by atoms with Crippen LogP contribution in [0.15, 0.2) is 77.7 Å². The second kappa shape index (κ2) is 11.1. The smallest absolute Gasteiger partial charge is 0.242 e. The van der Waals surface area contributed by atoms with Crippen LogP contribution in [0.4, 0.5) is 11.4 Å². The van der Waals surface area contributed by atoms with Crippen LogP contribution in [0.1, 0.15) is 37.0 Å². The van der Waals surface area contributed by atoms with Crippen LogP contribution in [0.25, 0.3) is 0 Å². The molecule has 0 saturated carbocycles. The molecule has 8 heteroatoms. The van der Waals surface area contributed by atoms with Crippen LogP contribution in [0.5, 0.6) is 0 Å². The number of amides is 2. The molecule has 1 aliphatic rings. The molecule has 1 atom stereocenters. The average molecular weight is 506 g/mol. The van der Waals surface area contributed by atoms with Crippen molar-refractivity contribution in [1.29, 1.82) is 0 Å². The van der Waals surface area contributed by atoms with Crippen molar-refractivity contribution in [1.82, 2.24) is 4.72 Å². The summed E-state index contributed by atoms with van der Waals surface area (Å²) >= 11 is 0.